The van der Waals surface area contributed by atoms with E-state index in [1.54, 1.807) is 6.20 Å². The van der Waals surface area contributed by atoms with Gasteiger partial charge in [0.25, 0.3) is 0 Å². The maximum atomic E-state index is 11.0. The van der Waals surface area contributed by atoms with Gasteiger partial charge in [-0.05, 0) is 24.6 Å². The van der Waals surface area contributed by atoms with Gasteiger partial charge in [-0.2, -0.15) is 0 Å². The van der Waals surface area contributed by atoms with E-state index in [9.17, 15) is 9.90 Å². The van der Waals surface area contributed by atoms with Crippen LogP contribution in [0.3, 0.4) is 0 Å². The number of imidazole rings is 1. The fraction of sp³-hybridized carbons (Fsp3) is 0.214. The largest absolute Gasteiger partial charge is 0.529 e. The number of pyridine rings is 1. The monoisotopic (exact) mass is 347 g/mol. The molecule has 0 aliphatic heterocycles. The number of amides is 1. The summed E-state index contributed by atoms with van der Waals surface area (Å²) in [5.41, 5.74) is 4.42. The van der Waals surface area contributed by atoms with Crippen LogP contribution in [0.4, 0.5) is 4.79 Å². The molecule has 0 aliphatic carbocycles. The molecule has 108 valence electrons. The Morgan fingerprint density at radius 2 is 2.24 bits per heavy atom. The minimum Gasteiger partial charge on any atom is -0.529 e. The lowest BCUT2D eigenvalue weighted by atomic mass is 10.2. The molecule has 0 saturated heterocycles. The number of rotatable bonds is 3. The molecule has 0 saturated carbocycles. The smallest absolute Gasteiger partial charge is 0.154 e. The number of benzene rings is 1. The van der Waals surface area contributed by atoms with Gasteiger partial charge in [-0.25, -0.2) is 9.66 Å². The van der Waals surface area contributed by atoms with E-state index in [0.29, 0.717) is 23.3 Å². The molecule has 1 N–H and O–H groups in total. The summed E-state index contributed by atoms with van der Waals surface area (Å²) < 4.78 is 2.39. The SMILES string of the molecule is CCCc1nc2cnc3cc(Br)ccc3c2n1NC(=O)[O-]. The van der Waals surface area contributed by atoms with Gasteiger partial charge in [0.2, 0.25) is 0 Å². The van der Waals surface area contributed by atoms with E-state index in [2.05, 4.69) is 31.3 Å². The Balaban J connectivity index is 2.36. The van der Waals surface area contributed by atoms with Crippen LogP contribution in [-0.4, -0.2) is 20.7 Å². The number of aryl methyl sites for hydroxylation is 1. The van der Waals surface area contributed by atoms with Gasteiger partial charge in [0, 0.05) is 16.3 Å². The average Bonchev–Trinajstić information content (AvgIpc) is 2.76. The van der Waals surface area contributed by atoms with Gasteiger partial charge >= 0.3 is 0 Å². The zero-order valence-electron chi connectivity index (χ0n) is 11.3. The number of aromatic nitrogens is 3. The molecule has 2 aromatic heterocycles. The highest BCUT2D eigenvalue weighted by Crippen LogP contribution is 2.26. The predicted octanol–water partition coefficient (Wildman–Crippen LogP) is 2.19. The molecule has 0 atom stereocenters. The molecule has 0 spiro atoms. The number of carboxylic acid groups (broad SMARTS) is 1. The first kappa shape index (κ1) is 13.8. The van der Waals surface area contributed by atoms with Crippen molar-refractivity contribution in [3.63, 3.8) is 0 Å². The molecule has 0 aliphatic rings. The van der Waals surface area contributed by atoms with Crippen LogP contribution in [0.25, 0.3) is 21.9 Å². The van der Waals surface area contributed by atoms with Gasteiger partial charge < -0.3 is 9.90 Å². The van der Waals surface area contributed by atoms with E-state index in [1.165, 1.54) is 4.68 Å². The summed E-state index contributed by atoms with van der Waals surface area (Å²) in [6, 6.07) is 5.66. The third-order valence-electron chi connectivity index (χ3n) is 3.19. The normalized spacial score (nSPS) is 11.1. The van der Waals surface area contributed by atoms with E-state index in [1.807, 2.05) is 25.1 Å². The zero-order valence-corrected chi connectivity index (χ0v) is 12.8. The van der Waals surface area contributed by atoms with Crippen LogP contribution in [0.15, 0.2) is 28.9 Å². The molecule has 1 amide bonds. The summed E-state index contributed by atoms with van der Waals surface area (Å²) in [4.78, 5) is 19.8. The Morgan fingerprint density at radius 1 is 1.43 bits per heavy atom. The topological polar surface area (TPSA) is 82.9 Å². The van der Waals surface area contributed by atoms with Crippen LogP contribution in [0.1, 0.15) is 19.2 Å². The van der Waals surface area contributed by atoms with Gasteiger partial charge in [0.15, 0.2) is 6.09 Å². The highest BCUT2D eigenvalue weighted by Gasteiger charge is 2.14. The van der Waals surface area contributed by atoms with Crippen LogP contribution in [-0.2, 0) is 6.42 Å². The van der Waals surface area contributed by atoms with Gasteiger partial charge in [0.05, 0.1) is 11.7 Å². The van der Waals surface area contributed by atoms with Crippen molar-refractivity contribution in [2.75, 3.05) is 5.43 Å². The van der Waals surface area contributed by atoms with E-state index in [0.717, 1.165) is 21.8 Å². The lowest BCUT2D eigenvalue weighted by Crippen LogP contribution is -2.35. The Hall–Kier alpha value is -2.15. The fourth-order valence-electron chi connectivity index (χ4n) is 2.38. The third-order valence-corrected chi connectivity index (χ3v) is 3.68. The molecule has 0 fully saturated rings. The summed E-state index contributed by atoms with van der Waals surface area (Å²) in [5.74, 6) is 0.647. The van der Waals surface area contributed by atoms with Gasteiger partial charge in [-0.1, -0.05) is 22.9 Å². The second-order valence-corrected chi connectivity index (χ2v) is 5.58. The van der Waals surface area contributed by atoms with Crippen molar-refractivity contribution in [3.05, 3.63) is 34.7 Å². The highest BCUT2D eigenvalue weighted by atomic mass is 79.9. The number of nitrogens with one attached hydrogen (secondary N) is 1. The van der Waals surface area contributed by atoms with Crippen LogP contribution in [0.2, 0.25) is 0 Å². The lowest BCUT2D eigenvalue weighted by molar-refractivity contribution is -0.243. The first-order chi connectivity index (χ1) is 10.1. The van der Waals surface area contributed by atoms with E-state index in [-0.39, 0.29) is 0 Å². The molecule has 0 bridgehead atoms. The first-order valence-electron chi connectivity index (χ1n) is 6.53. The molecule has 21 heavy (non-hydrogen) atoms. The van der Waals surface area contributed by atoms with Gasteiger partial charge in [-0.15, -0.1) is 0 Å². The Labute approximate surface area is 128 Å². The second-order valence-electron chi connectivity index (χ2n) is 4.67. The molecule has 0 radical (unpaired) electrons. The van der Waals surface area contributed by atoms with Crippen molar-refractivity contribution in [2.45, 2.75) is 19.8 Å². The molecule has 1 aromatic carbocycles. The van der Waals surface area contributed by atoms with Crippen molar-refractivity contribution in [1.82, 2.24) is 14.6 Å². The standard InChI is InChI=1S/C14H13BrN4O2/c1-2-3-12-17-11-7-16-10-6-8(15)4-5-9(10)13(11)19(12)18-14(20)21/h4-7,18H,2-3H2,1H3,(H,20,21)/p-1. The molecule has 6 nitrogen and oxygen atoms in total. The summed E-state index contributed by atoms with van der Waals surface area (Å²) in [5, 5.41) is 11.8. The molecule has 7 heteroatoms. The number of fused-ring (bicyclic) bond motifs is 3. The Kier molecular flexibility index (Phi) is 3.50. The van der Waals surface area contributed by atoms with Crippen LogP contribution < -0.4 is 10.5 Å². The lowest BCUT2D eigenvalue weighted by Gasteiger charge is -2.12. The second kappa shape index (κ2) is 5.33. The van der Waals surface area contributed by atoms with E-state index < -0.39 is 6.09 Å². The number of hydrogen-bond acceptors (Lipinski definition) is 4. The van der Waals surface area contributed by atoms with Gasteiger partial charge in [0.1, 0.15) is 16.9 Å². The van der Waals surface area contributed by atoms with Crippen LogP contribution in [0.5, 0.6) is 0 Å². The summed E-state index contributed by atoms with van der Waals surface area (Å²) in [6.07, 6.45) is 1.80. The van der Waals surface area contributed by atoms with Crippen LogP contribution >= 0.6 is 15.9 Å². The molecular weight excluding hydrogens is 336 g/mol. The third kappa shape index (κ3) is 2.44. The van der Waals surface area contributed by atoms with E-state index >= 15 is 0 Å². The van der Waals surface area contributed by atoms with Crippen molar-refractivity contribution in [3.8, 4) is 0 Å². The number of carbonyl (C=O) groups is 1. The van der Waals surface area contributed by atoms with Crippen molar-refractivity contribution >= 4 is 44.0 Å². The fourth-order valence-corrected chi connectivity index (χ4v) is 2.73. The molecule has 2 heterocycles. The van der Waals surface area contributed by atoms with E-state index in [4.69, 9.17) is 0 Å². The highest BCUT2D eigenvalue weighted by molar-refractivity contribution is 9.10. The molecular formula is C14H12BrN4O2-. The molecule has 3 rings (SSSR count). The summed E-state index contributed by atoms with van der Waals surface area (Å²) in [7, 11) is 0. The Morgan fingerprint density at radius 3 is 2.95 bits per heavy atom. The van der Waals surface area contributed by atoms with Crippen LogP contribution in [0, 0.1) is 0 Å². The molecule has 0 unspecified atom stereocenters. The maximum absolute atomic E-state index is 11.0. The summed E-state index contributed by atoms with van der Waals surface area (Å²) in [6.45, 7) is 2.01. The van der Waals surface area contributed by atoms with Crippen molar-refractivity contribution < 1.29 is 9.90 Å². The average molecular weight is 348 g/mol. The Bertz CT molecular complexity index is 844. The first-order valence-corrected chi connectivity index (χ1v) is 7.33. The van der Waals surface area contributed by atoms with Crippen molar-refractivity contribution in [1.29, 1.82) is 0 Å². The minimum absolute atomic E-state index is 0.647. The summed E-state index contributed by atoms with van der Waals surface area (Å²) >= 11 is 3.40. The molecule has 3 aromatic rings. The maximum Gasteiger partial charge on any atom is 0.154 e. The number of hydrogen-bond donors (Lipinski definition) is 1. The predicted molar refractivity (Wildman–Crippen MR) is 81.5 cm³/mol. The number of carbonyl (C=O) groups excluding carboxylic acids is 1. The minimum atomic E-state index is -1.37. The van der Waals surface area contributed by atoms with Crippen molar-refractivity contribution in [2.24, 2.45) is 0 Å². The zero-order chi connectivity index (χ0) is 15.0. The number of halogens is 1. The quantitative estimate of drug-likeness (QED) is 0.787. The number of nitrogens with zero attached hydrogens (tertiary/aromatic N) is 3. The van der Waals surface area contributed by atoms with Gasteiger partial charge in [-0.3, -0.25) is 10.4 Å².